The molecule has 3 rings (SSSR count). The topological polar surface area (TPSA) is 218 Å². The second kappa shape index (κ2) is 26.2. The Hall–Kier alpha value is -4.16. The molecular formula is C43H70N8O8S. The highest BCUT2D eigenvalue weighted by Gasteiger charge is 2.38. The molecule has 0 radical (unpaired) electrons. The number of nitrogens with zero attached hydrogens (tertiary/aromatic N) is 3. The maximum Gasteiger partial charge on any atom is 0.426 e. The van der Waals surface area contributed by atoms with Crippen molar-refractivity contribution in [1.29, 1.82) is 0 Å². The monoisotopic (exact) mass is 859 g/mol. The van der Waals surface area contributed by atoms with Gasteiger partial charge < -0.3 is 35.8 Å². The van der Waals surface area contributed by atoms with E-state index in [1.807, 2.05) is 76.9 Å². The van der Waals surface area contributed by atoms with Gasteiger partial charge in [0, 0.05) is 42.9 Å². The third-order valence-electron chi connectivity index (χ3n) is 11.0. The van der Waals surface area contributed by atoms with Crippen LogP contribution < -0.4 is 27.2 Å². The average molecular weight is 859 g/mol. The number of aliphatic hydroxyl groups is 1. The molecule has 1 fully saturated rings. The number of likely N-dealkylation sites (N-methyl/N-ethyl adjacent to an activating group) is 1. The molecule has 0 unspecified atom stereocenters. The number of aliphatic hydroxyl groups excluding tert-OH is 1. The summed E-state index contributed by atoms with van der Waals surface area (Å²) in [6, 6.07) is 7.71. The van der Waals surface area contributed by atoms with E-state index in [1.54, 1.807) is 12.3 Å². The number of nitrogens with one attached hydrogen (secondary N) is 4. The standard InChI is InChI=1S/C43H70N8O8S/c1-8-19-51(42(56)37(29(5)9-2)47-40(55)34-17-13-14-20-50(34)7)35(28(3)4)26-36(52)41-46-33(27-60-41)39(54)45-32(25-31-15-11-10-12-16-31)24-30(6)38(53)48-49-43(57)59-23-22-58-21-18-44/h10-12,15-16,27-30,32,34-37,52H,8-9,13-14,17-26,44H2,1-7H3,(H,45,54)(H,47,55)(H,48,53)(H,49,57)/t29-,30-,32+,34+,35+,36+,37-/m0/s1. The number of hydrazine groups is 1. The molecule has 0 saturated carbocycles. The number of carbonyl (C=O) groups is 5. The predicted molar refractivity (Wildman–Crippen MR) is 232 cm³/mol. The number of ether oxygens (including phenoxy) is 2. The number of rotatable bonds is 24. The van der Waals surface area contributed by atoms with Gasteiger partial charge in [-0.1, -0.05) is 84.7 Å². The van der Waals surface area contributed by atoms with Gasteiger partial charge in [0.15, 0.2) is 0 Å². The maximum atomic E-state index is 14.5. The summed E-state index contributed by atoms with van der Waals surface area (Å²) in [6.45, 7) is 13.9. The molecule has 1 aromatic carbocycles. The molecule has 7 N–H and O–H groups in total. The molecule has 60 heavy (non-hydrogen) atoms. The zero-order valence-electron chi connectivity index (χ0n) is 36.6. The number of piperidine rings is 1. The second-order valence-electron chi connectivity index (χ2n) is 16.2. The number of nitrogens with two attached hydrogens (primary N) is 1. The number of hydrogen-bond acceptors (Lipinski definition) is 12. The van der Waals surface area contributed by atoms with E-state index in [0.717, 1.165) is 42.7 Å². The zero-order valence-corrected chi connectivity index (χ0v) is 37.4. The first-order chi connectivity index (χ1) is 28.7. The van der Waals surface area contributed by atoms with Gasteiger partial charge in [-0.2, -0.15) is 0 Å². The summed E-state index contributed by atoms with van der Waals surface area (Å²) in [5.74, 6) is -1.97. The van der Waals surface area contributed by atoms with Gasteiger partial charge in [0.05, 0.1) is 19.3 Å². The van der Waals surface area contributed by atoms with Crippen LogP contribution in [-0.4, -0.2) is 120 Å². The minimum atomic E-state index is -1.06. The lowest BCUT2D eigenvalue weighted by Crippen LogP contribution is -2.58. The van der Waals surface area contributed by atoms with Gasteiger partial charge in [-0.05, 0) is 63.1 Å². The second-order valence-corrected chi connectivity index (χ2v) is 17.1. The van der Waals surface area contributed by atoms with Crippen LogP contribution in [0.15, 0.2) is 35.7 Å². The van der Waals surface area contributed by atoms with Crippen LogP contribution in [0, 0.1) is 17.8 Å². The highest BCUT2D eigenvalue weighted by molar-refractivity contribution is 7.09. The van der Waals surface area contributed by atoms with Crippen molar-refractivity contribution in [3.05, 3.63) is 52.0 Å². The Labute approximate surface area is 360 Å². The van der Waals surface area contributed by atoms with Gasteiger partial charge in [0.1, 0.15) is 29.5 Å². The van der Waals surface area contributed by atoms with Crippen LogP contribution in [0.1, 0.15) is 114 Å². The first kappa shape index (κ1) is 50.2. The summed E-state index contributed by atoms with van der Waals surface area (Å²) in [5, 5.41) is 19.7. The summed E-state index contributed by atoms with van der Waals surface area (Å²) in [6.07, 6.45) is 3.12. The summed E-state index contributed by atoms with van der Waals surface area (Å²) < 4.78 is 10.1. The number of carbonyl (C=O) groups excluding carboxylic acids is 5. The lowest BCUT2D eigenvalue weighted by atomic mass is 9.92. The van der Waals surface area contributed by atoms with Crippen LogP contribution in [0.5, 0.6) is 0 Å². The number of thiazole rings is 1. The van der Waals surface area contributed by atoms with Crippen LogP contribution in [0.25, 0.3) is 0 Å². The highest BCUT2D eigenvalue weighted by Crippen LogP contribution is 2.29. The van der Waals surface area contributed by atoms with Gasteiger partial charge in [0.25, 0.3) is 5.91 Å². The molecule has 336 valence electrons. The SMILES string of the molecule is CCCN(C(=O)[C@@H](NC(=O)[C@H]1CCCCN1C)[C@@H](C)CC)[C@H](C[C@@H](O)c1nc(C(=O)N[C@@H](Cc2ccccc2)C[C@H](C)C(=O)NNC(=O)OCCOCCN)cs1)C(C)C. The molecule has 2 aromatic rings. The van der Waals surface area contributed by atoms with E-state index in [-0.39, 0.29) is 67.5 Å². The molecular weight excluding hydrogens is 789 g/mol. The normalized spacial score (nSPS) is 17.4. The van der Waals surface area contributed by atoms with E-state index < -0.39 is 42.0 Å². The molecule has 17 heteroatoms. The minimum Gasteiger partial charge on any atom is -0.446 e. The molecule has 16 nitrogen and oxygen atoms in total. The third-order valence-corrected chi connectivity index (χ3v) is 12.0. The molecule has 5 amide bonds. The van der Waals surface area contributed by atoms with Gasteiger partial charge in [0.2, 0.25) is 17.7 Å². The van der Waals surface area contributed by atoms with Crippen LogP contribution in [0.4, 0.5) is 4.79 Å². The molecule has 2 heterocycles. The molecule has 1 aliphatic rings. The number of hydrogen-bond donors (Lipinski definition) is 6. The smallest absolute Gasteiger partial charge is 0.426 e. The van der Waals surface area contributed by atoms with Crippen molar-refractivity contribution in [2.75, 3.05) is 46.5 Å². The van der Waals surface area contributed by atoms with Crippen molar-refractivity contribution >= 4 is 41.1 Å². The molecule has 1 aliphatic heterocycles. The van der Waals surface area contributed by atoms with Crippen molar-refractivity contribution in [3.8, 4) is 0 Å². The third kappa shape index (κ3) is 16.0. The van der Waals surface area contributed by atoms with Crippen LogP contribution in [0.3, 0.4) is 0 Å². The number of likely N-dealkylation sites (tertiary alicyclic amines) is 1. The van der Waals surface area contributed by atoms with Crippen molar-refractivity contribution in [2.45, 2.75) is 123 Å². The van der Waals surface area contributed by atoms with Crippen molar-refractivity contribution in [1.82, 2.24) is 36.3 Å². The van der Waals surface area contributed by atoms with Crippen LogP contribution in [-0.2, 0) is 30.3 Å². The van der Waals surface area contributed by atoms with E-state index in [1.165, 1.54) is 0 Å². The van der Waals surface area contributed by atoms with Gasteiger partial charge in [-0.3, -0.25) is 29.5 Å². The molecule has 7 atom stereocenters. The first-order valence-corrected chi connectivity index (χ1v) is 22.4. The minimum absolute atomic E-state index is 0.00852. The van der Waals surface area contributed by atoms with Gasteiger partial charge >= 0.3 is 6.09 Å². The Morgan fingerprint density at radius 2 is 1.73 bits per heavy atom. The Bertz CT molecular complexity index is 1630. The largest absolute Gasteiger partial charge is 0.446 e. The Morgan fingerprint density at radius 3 is 2.38 bits per heavy atom. The Balaban J connectivity index is 1.71. The first-order valence-electron chi connectivity index (χ1n) is 21.5. The van der Waals surface area contributed by atoms with Gasteiger partial charge in [-0.25, -0.2) is 15.2 Å². The van der Waals surface area contributed by atoms with Crippen LogP contribution in [0.2, 0.25) is 0 Å². The molecule has 0 spiro atoms. The maximum absolute atomic E-state index is 14.5. The van der Waals surface area contributed by atoms with Crippen LogP contribution >= 0.6 is 11.3 Å². The Morgan fingerprint density at radius 1 is 1.00 bits per heavy atom. The summed E-state index contributed by atoms with van der Waals surface area (Å²) in [5.41, 5.74) is 11.0. The van der Waals surface area contributed by atoms with E-state index in [9.17, 15) is 29.1 Å². The van der Waals surface area contributed by atoms with Gasteiger partial charge in [-0.15, -0.1) is 11.3 Å². The van der Waals surface area contributed by atoms with E-state index in [0.29, 0.717) is 44.0 Å². The van der Waals surface area contributed by atoms with E-state index in [2.05, 4.69) is 31.4 Å². The number of aromatic nitrogens is 1. The fourth-order valence-corrected chi connectivity index (χ4v) is 8.16. The van der Waals surface area contributed by atoms with Crippen molar-refractivity contribution < 1.29 is 38.6 Å². The summed E-state index contributed by atoms with van der Waals surface area (Å²) in [7, 11) is 1.95. The lowest BCUT2D eigenvalue weighted by Gasteiger charge is -2.39. The van der Waals surface area contributed by atoms with Crippen molar-refractivity contribution in [2.24, 2.45) is 23.5 Å². The fourth-order valence-electron chi connectivity index (χ4n) is 7.37. The highest BCUT2D eigenvalue weighted by atomic mass is 32.1. The zero-order chi connectivity index (χ0) is 44.2. The molecule has 0 bridgehead atoms. The van der Waals surface area contributed by atoms with E-state index in [4.69, 9.17) is 15.2 Å². The summed E-state index contributed by atoms with van der Waals surface area (Å²) in [4.78, 5) is 75.1. The molecule has 1 aromatic heterocycles. The fraction of sp³-hybridized carbons (Fsp3) is 0.674. The van der Waals surface area contributed by atoms with Crippen molar-refractivity contribution in [3.63, 3.8) is 0 Å². The summed E-state index contributed by atoms with van der Waals surface area (Å²) >= 11 is 1.16. The average Bonchev–Trinajstić information content (AvgIpc) is 3.74. The number of benzene rings is 1. The Kier molecular flexibility index (Phi) is 21.9. The van der Waals surface area contributed by atoms with E-state index >= 15 is 0 Å². The number of amides is 5. The quantitative estimate of drug-likeness (QED) is 0.0657. The molecule has 0 aliphatic carbocycles. The predicted octanol–water partition coefficient (Wildman–Crippen LogP) is 3.95. The lowest BCUT2D eigenvalue weighted by molar-refractivity contribution is -0.142. The molecule has 1 saturated heterocycles.